The number of hydrogen-bond acceptors (Lipinski definition) is 4. The highest BCUT2D eigenvalue weighted by Gasteiger charge is 2.11. The highest BCUT2D eigenvalue weighted by Crippen LogP contribution is 1.89. The maximum Gasteiger partial charge on any atom is 0.331 e. The van der Waals surface area contributed by atoms with Crippen LogP contribution in [0.4, 0.5) is 5.69 Å². The summed E-state index contributed by atoms with van der Waals surface area (Å²) in [5.41, 5.74) is 4.32. The molecule has 18 heavy (non-hydrogen) atoms. The minimum absolute atomic E-state index is 0.0419. The molecule has 1 heterocycles. The number of nitrogens with two attached hydrogens (primary N) is 1. The SMILES string of the molecule is CCCNC(=O)Cn1c(=O)c(N)cn(CC)c1=O. The Morgan fingerprint density at radius 2 is 2.06 bits per heavy atom. The third-order valence-electron chi connectivity index (χ3n) is 2.48. The van der Waals surface area contributed by atoms with Gasteiger partial charge >= 0.3 is 5.69 Å². The highest BCUT2D eigenvalue weighted by molar-refractivity contribution is 5.75. The van der Waals surface area contributed by atoms with Gasteiger partial charge in [0.15, 0.2) is 0 Å². The number of nitrogen functional groups attached to an aromatic ring is 1. The van der Waals surface area contributed by atoms with Gasteiger partial charge in [0.05, 0.1) is 0 Å². The summed E-state index contributed by atoms with van der Waals surface area (Å²) in [6, 6.07) is 0. The van der Waals surface area contributed by atoms with Crippen molar-refractivity contribution in [1.82, 2.24) is 14.5 Å². The summed E-state index contributed by atoms with van der Waals surface area (Å²) in [6.45, 7) is 4.27. The van der Waals surface area contributed by atoms with Crippen LogP contribution in [0.5, 0.6) is 0 Å². The lowest BCUT2D eigenvalue weighted by Gasteiger charge is -2.09. The normalized spacial score (nSPS) is 10.3. The summed E-state index contributed by atoms with van der Waals surface area (Å²) < 4.78 is 2.15. The van der Waals surface area contributed by atoms with Crippen molar-refractivity contribution >= 4 is 11.6 Å². The molecule has 0 saturated heterocycles. The lowest BCUT2D eigenvalue weighted by Crippen LogP contribution is -2.44. The topological polar surface area (TPSA) is 99.1 Å². The van der Waals surface area contributed by atoms with E-state index in [-0.39, 0.29) is 18.1 Å². The maximum atomic E-state index is 11.9. The zero-order valence-corrected chi connectivity index (χ0v) is 10.6. The fraction of sp³-hybridized carbons (Fsp3) is 0.545. The first-order valence-electron chi connectivity index (χ1n) is 5.87. The zero-order chi connectivity index (χ0) is 13.7. The lowest BCUT2D eigenvalue weighted by molar-refractivity contribution is -0.121. The summed E-state index contributed by atoms with van der Waals surface area (Å²) in [6.07, 6.45) is 2.09. The molecule has 0 bridgehead atoms. The van der Waals surface area contributed by atoms with Crippen molar-refractivity contribution in [2.24, 2.45) is 0 Å². The van der Waals surface area contributed by atoms with Gasteiger partial charge in [-0.3, -0.25) is 14.2 Å². The van der Waals surface area contributed by atoms with E-state index < -0.39 is 11.2 Å². The van der Waals surface area contributed by atoms with Crippen molar-refractivity contribution in [3.63, 3.8) is 0 Å². The highest BCUT2D eigenvalue weighted by atomic mass is 16.2. The predicted octanol–water partition coefficient (Wildman–Crippen LogP) is -0.862. The van der Waals surface area contributed by atoms with E-state index >= 15 is 0 Å². The number of anilines is 1. The average molecular weight is 254 g/mol. The quantitative estimate of drug-likeness (QED) is 0.714. The molecule has 0 spiro atoms. The Bertz CT molecular complexity index is 544. The number of carbonyl (C=O) groups excluding carboxylic acids is 1. The molecule has 0 aromatic carbocycles. The first-order valence-corrected chi connectivity index (χ1v) is 5.87. The van der Waals surface area contributed by atoms with Crippen LogP contribution in [0.25, 0.3) is 0 Å². The number of rotatable bonds is 5. The molecule has 0 unspecified atom stereocenters. The second-order valence-electron chi connectivity index (χ2n) is 3.89. The Balaban J connectivity index is 3.08. The van der Waals surface area contributed by atoms with E-state index in [0.29, 0.717) is 13.1 Å². The van der Waals surface area contributed by atoms with Gasteiger partial charge in [-0.1, -0.05) is 6.92 Å². The number of aromatic nitrogens is 2. The molecule has 1 rings (SSSR count). The van der Waals surface area contributed by atoms with Crippen LogP contribution in [-0.2, 0) is 17.9 Å². The summed E-state index contributed by atoms with van der Waals surface area (Å²) in [4.78, 5) is 35.1. The fourth-order valence-electron chi connectivity index (χ4n) is 1.51. The van der Waals surface area contributed by atoms with Gasteiger partial charge in [0.25, 0.3) is 5.56 Å². The van der Waals surface area contributed by atoms with Crippen LogP contribution in [0.2, 0.25) is 0 Å². The Hall–Kier alpha value is -2.05. The van der Waals surface area contributed by atoms with E-state index in [2.05, 4.69) is 5.32 Å². The van der Waals surface area contributed by atoms with Crippen LogP contribution >= 0.6 is 0 Å². The van der Waals surface area contributed by atoms with E-state index in [0.717, 1.165) is 11.0 Å². The molecule has 0 aliphatic rings. The molecule has 0 radical (unpaired) electrons. The van der Waals surface area contributed by atoms with Crippen molar-refractivity contribution in [2.45, 2.75) is 33.4 Å². The van der Waals surface area contributed by atoms with E-state index in [1.807, 2.05) is 6.92 Å². The fourth-order valence-corrected chi connectivity index (χ4v) is 1.51. The molecule has 0 aliphatic heterocycles. The monoisotopic (exact) mass is 254 g/mol. The molecule has 0 saturated carbocycles. The third-order valence-corrected chi connectivity index (χ3v) is 2.48. The summed E-state index contributed by atoms with van der Waals surface area (Å²) in [5.74, 6) is -0.371. The summed E-state index contributed by atoms with van der Waals surface area (Å²) in [5, 5.41) is 2.60. The van der Waals surface area contributed by atoms with Crippen LogP contribution < -0.4 is 22.3 Å². The van der Waals surface area contributed by atoms with E-state index in [4.69, 9.17) is 5.73 Å². The average Bonchev–Trinajstić information content (AvgIpc) is 2.36. The molecule has 1 amide bonds. The molecule has 0 atom stereocenters. The first kappa shape index (κ1) is 14.0. The van der Waals surface area contributed by atoms with Crippen molar-refractivity contribution in [2.75, 3.05) is 12.3 Å². The Morgan fingerprint density at radius 3 is 2.61 bits per heavy atom. The number of aryl methyl sites for hydroxylation is 1. The number of nitrogens with zero attached hydrogens (tertiary/aromatic N) is 2. The summed E-state index contributed by atoms with van der Waals surface area (Å²) >= 11 is 0. The number of carbonyl (C=O) groups is 1. The first-order chi connectivity index (χ1) is 8.51. The van der Waals surface area contributed by atoms with Gasteiger partial charge in [-0.15, -0.1) is 0 Å². The van der Waals surface area contributed by atoms with Crippen LogP contribution in [0, 0.1) is 0 Å². The van der Waals surface area contributed by atoms with Gasteiger partial charge < -0.3 is 11.1 Å². The van der Waals surface area contributed by atoms with Gasteiger partial charge in [-0.05, 0) is 13.3 Å². The molecule has 0 aliphatic carbocycles. The molecule has 0 fully saturated rings. The largest absolute Gasteiger partial charge is 0.393 e. The van der Waals surface area contributed by atoms with E-state index in [1.165, 1.54) is 10.8 Å². The minimum atomic E-state index is -0.628. The van der Waals surface area contributed by atoms with Gasteiger partial charge in [0, 0.05) is 19.3 Å². The minimum Gasteiger partial charge on any atom is -0.393 e. The van der Waals surface area contributed by atoms with Crippen molar-refractivity contribution in [3.8, 4) is 0 Å². The molecule has 1 aromatic rings. The third kappa shape index (κ3) is 2.99. The molecular weight excluding hydrogens is 236 g/mol. The predicted molar refractivity (Wildman–Crippen MR) is 68.3 cm³/mol. The van der Waals surface area contributed by atoms with Crippen LogP contribution in [0.3, 0.4) is 0 Å². The van der Waals surface area contributed by atoms with Crippen molar-refractivity contribution in [3.05, 3.63) is 27.0 Å². The van der Waals surface area contributed by atoms with Gasteiger partial charge in [0.2, 0.25) is 5.91 Å². The molecular formula is C11H18N4O3. The zero-order valence-electron chi connectivity index (χ0n) is 10.6. The molecule has 7 nitrogen and oxygen atoms in total. The molecule has 3 N–H and O–H groups in total. The van der Waals surface area contributed by atoms with Crippen LogP contribution in [0.1, 0.15) is 20.3 Å². The smallest absolute Gasteiger partial charge is 0.331 e. The van der Waals surface area contributed by atoms with Crippen LogP contribution in [-0.4, -0.2) is 21.6 Å². The number of amides is 1. The van der Waals surface area contributed by atoms with Crippen molar-refractivity contribution in [1.29, 1.82) is 0 Å². The van der Waals surface area contributed by atoms with E-state index in [1.54, 1.807) is 6.92 Å². The second-order valence-corrected chi connectivity index (χ2v) is 3.89. The summed E-state index contributed by atoms with van der Waals surface area (Å²) in [7, 11) is 0. The van der Waals surface area contributed by atoms with Gasteiger partial charge in [-0.25, -0.2) is 9.36 Å². The standard InChI is InChI=1S/C11H18N4O3/c1-3-5-13-9(16)7-15-10(17)8(12)6-14(4-2)11(15)18/h6H,3-5,7,12H2,1-2H3,(H,13,16). The Kier molecular flexibility index (Phi) is 4.70. The molecule has 100 valence electrons. The lowest BCUT2D eigenvalue weighted by atomic mass is 10.4. The second kappa shape index (κ2) is 6.04. The van der Waals surface area contributed by atoms with Crippen molar-refractivity contribution < 1.29 is 4.79 Å². The van der Waals surface area contributed by atoms with E-state index in [9.17, 15) is 14.4 Å². The number of hydrogen-bond donors (Lipinski definition) is 2. The molecule has 1 aromatic heterocycles. The van der Waals surface area contributed by atoms with Gasteiger partial charge in [0.1, 0.15) is 12.2 Å². The Morgan fingerprint density at radius 1 is 1.39 bits per heavy atom. The van der Waals surface area contributed by atoms with Crippen LogP contribution in [0.15, 0.2) is 15.8 Å². The number of nitrogens with one attached hydrogen (secondary N) is 1. The maximum absolute atomic E-state index is 11.9. The Labute approximate surface area is 104 Å². The molecule has 7 heteroatoms. The van der Waals surface area contributed by atoms with Gasteiger partial charge in [-0.2, -0.15) is 0 Å².